The fourth-order valence-electron chi connectivity index (χ4n) is 2.35. The zero-order chi connectivity index (χ0) is 20.5. The molecule has 0 saturated heterocycles. The van der Waals surface area contributed by atoms with Crippen molar-refractivity contribution in [3.8, 4) is 0 Å². The predicted octanol–water partition coefficient (Wildman–Crippen LogP) is 4.67. The van der Waals surface area contributed by atoms with Crippen LogP contribution >= 0.6 is 34.9 Å². The van der Waals surface area contributed by atoms with Crippen LogP contribution in [0.5, 0.6) is 0 Å². The summed E-state index contributed by atoms with van der Waals surface area (Å²) >= 11 is 3.94. The number of carbonyl (C=O) groups excluding carboxylic acids is 2. The van der Waals surface area contributed by atoms with Crippen molar-refractivity contribution in [3.05, 3.63) is 66.2 Å². The van der Waals surface area contributed by atoms with Crippen LogP contribution < -0.4 is 5.32 Å². The lowest BCUT2D eigenvalue weighted by atomic mass is 10.1. The van der Waals surface area contributed by atoms with Gasteiger partial charge in [0.25, 0.3) is 0 Å². The first-order valence-electron chi connectivity index (χ1n) is 8.85. The zero-order valence-electron chi connectivity index (χ0n) is 15.6. The molecule has 1 unspecified atom stereocenters. The molecule has 1 aromatic heterocycles. The number of hydrogen-bond donors (Lipinski definition) is 1. The monoisotopic (exact) mass is 445 g/mol. The van der Waals surface area contributed by atoms with E-state index in [1.165, 1.54) is 34.9 Å². The van der Waals surface area contributed by atoms with E-state index in [1.807, 2.05) is 60.7 Å². The number of benzene rings is 2. The fraction of sp³-hybridized carbons (Fsp3) is 0.200. The van der Waals surface area contributed by atoms with Gasteiger partial charge in [0.15, 0.2) is 4.34 Å². The first-order chi connectivity index (χ1) is 14.2. The summed E-state index contributed by atoms with van der Waals surface area (Å²) in [5, 5.41) is 10.9. The maximum absolute atomic E-state index is 13.0. The van der Waals surface area contributed by atoms with E-state index in [0.29, 0.717) is 16.1 Å². The maximum atomic E-state index is 13.0. The van der Waals surface area contributed by atoms with Gasteiger partial charge in [-0.3, -0.25) is 14.9 Å². The Kier molecular flexibility index (Phi) is 8.09. The van der Waals surface area contributed by atoms with E-state index in [4.69, 9.17) is 4.74 Å². The van der Waals surface area contributed by atoms with Crippen molar-refractivity contribution in [2.45, 2.75) is 21.4 Å². The van der Waals surface area contributed by atoms with E-state index in [2.05, 4.69) is 15.5 Å². The van der Waals surface area contributed by atoms with Gasteiger partial charge < -0.3 is 4.74 Å². The Labute approximate surface area is 181 Å². The quantitative estimate of drug-likeness (QED) is 0.291. The third kappa shape index (κ3) is 6.59. The van der Waals surface area contributed by atoms with E-state index < -0.39 is 5.25 Å². The van der Waals surface area contributed by atoms with E-state index >= 15 is 0 Å². The van der Waals surface area contributed by atoms with Crippen molar-refractivity contribution in [1.82, 2.24) is 10.2 Å². The summed E-state index contributed by atoms with van der Waals surface area (Å²) < 4.78 is 5.49. The van der Waals surface area contributed by atoms with Gasteiger partial charge in [-0.05, 0) is 24.6 Å². The molecule has 1 amide bonds. The van der Waals surface area contributed by atoms with Gasteiger partial charge in [-0.15, -0.1) is 22.0 Å². The van der Waals surface area contributed by atoms with Crippen LogP contribution in [-0.4, -0.2) is 34.4 Å². The van der Waals surface area contributed by atoms with E-state index in [1.54, 1.807) is 6.92 Å². The van der Waals surface area contributed by atoms with Gasteiger partial charge >= 0.3 is 5.97 Å². The molecular weight excluding hydrogens is 426 g/mol. The molecule has 1 heterocycles. The van der Waals surface area contributed by atoms with E-state index in [-0.39, 0.29) is 17.6 Å². The fourth-order valence-corrected chi connectivity index (χ4v) is 4.95. The van der Waals surface area contributed by atoms with Crippen LogP contribution in [0.2, 0.25) is 0 Å². The molecule has 0 aliphatic carbocycles. The molecule has 0 fully saturated rings. The third-order valence-electron chi connectivity index (χ3n) is 3.59. The van der Waals surface area contributed by atoms with Crippen LogP contribution in [0.25, 0.3) is 0 Å². The number of aromatic nitrogens is 2. The van der Waals surface area contributed by atoms with Gasteiger partial charge in [-0.25, -0.2) is 0 Å². The van der Waals surface area contributed by atoms with Crippen LogP contribution in [0.1, 0.15) is 17.7 Å². The molecule has 0 aliphatic heterocycles. The molecule has 1 N–H and O–H groups in total. The first kappa shape index (κ1) is 21.4. The van der Waals surface area contributed by atoms with Crippen LogP contribution in [0.15, 0.2) is 69.9 Å². The van der Waals surface area contributed by atoms with E-state index in [9.17, 15) is 9.59 Å². The summed E-state index contributed by atoms with van der Waals surface area (Å²) in [6, 6.07) is 19.4. The average molecular weight is 446 g/mol. The Hall–Kier alpha value is -2.36. The van der Waals surface area contributed by atoms with Gasteiger partial charge in [0.1, 0.15) is 5.25 Å². The number of amides is 1. The topological polar surface area (TPSA) is 81.2 Å². The number of rotatable bonds is 9. The Morgan fingerprint density at radius 2 is 1.76 bits per heavy atom. The minimum absolute atomic E-state index is 0.160. The molecule has 29 heavy (non-hydrogen) atoms. The minimum atomic E-state index is -0.432. The number of nitrogens with one attached hydrogen (secondary N) is 1. The number of carbonyl (C=O) groups is 2. The van der Waals surface area contributed by atoms with Gasteiger partial charge in [-0.1, -0.05) is 71.6 Å². The lowest BCUT2D eigenvalue weighted by molar-refractivity contribution is -0.139. The maximum Gasteiger partial charge on any atom is 0.316 e. The molecule has 0 aliphatic rings. The molecule has 0 bridgehead atoms. The Balaban J connectivity index is 1.68. The highest BCUT2D eigenvalue weighted by atomic mass is 32.2. The number of ether oxygens (including phenoxy) is 1. The number of thioether (sulfide) groups is 2. The summed E-state index contributed by atoms with van der Waals surface area (Å²) in [6.45, 7) is 2.11. The molecule has 6 nitrogen and oxygen atoms in total. The minimum Gasteiger partial charge on any atom is -0.465 e. The molecule has 9 heteroatoms. The van der Waals surface area contributed by atoms with E-state index in [0.717, 1.165) is 10.5 Å². The number of anilines is 1. The Morgan fingerprint density at radius 3 is 2.45 bits per heavy atom. The first-order valence-corrected chi connectivity index (χ1v) is 11.5. The average Bonchev–Trinajstić information content (AvgIpc) is 3.19. The SMILES string of the molecule is CCOC(=O)CSc1nnc(NC(=O)C(Sc2ccccc2)c2ccccc2)s1. The summed E-state index contributed by atoms with van der Waals surface area (Å²) in [5.74, 6) is -0.322. The number of esters is 1. The van der Waals surface area contributed by atoms with Gasteiger partial charge in [0, 0.05) is 4.90 Å². The van der Waals surface area contributed by atoms with Crippen molar-refractivity contribution >= 4 is 51.9 Å². The lowest BCUT2D eigenvalue weighted by Crippen LogP contribution is -2.18. The molecule has 3 aromatic rings. The molecule has 0 saturated carbocycles. The summed E-state index contributed by atoms with van der Waals surface area (Å²) in [6.07, 6.45) is 0. The molecule has 3 rings (SSSR count). The highest BCUT2D eigenvalue weighted by molar-refractivity contribution is 8.01. The molecule has 1 atom stereocenters. The van der Waals surface area contributed by atoms with Gasteiger partial charge in [-0.2, -0.15) is 0 Å². The van der Waals surface area contributed by atoms with Crippen molar-refractivity contribution in [1.29, 1.82) is 0 Å². The second-order valence-corrected chi connectivity index (χ2v) is 9.06. The van der Waals surface area contributed by atoms with Crippen LogP contribution in [0, 0.1) is 0 Å². The van der Waals surface area contributed by atoms with Gasteiger partial charge in [0.2, 0.25) is 11.0 Å². The highest BCUT2D eigenvalue weighted by Crippen LogP contribution is 2.36. The standard InChI is InChI=1S/C20H19N3O3S3/c1-2-26-16(24)13-27-20-23-22-19(29-20)21-18(25)17(14-9-5-3-6-10-14)28-15-11-7-4-8-12-15/h3-12,17H,2,13H2,1H3,(H,21,22,25). The second kappa shape index (κ2) is 11.0. The Bertz CT molecular complexity index is 936. The predicted molar refractivity (Wildman–Crippen MR) is 117 cm³/mol. The van der Waals surface area contributed by atoms with Crippen molar-refractivity contribution in [2.75, 3.05) is 17.7 Å². The molecule has 150 valence electrons. The van der Waals surface area contributed by atoms with Crippen molar-refractivity contribution in [2.24, 2.45) is 0 Å². The van der Waals surface area contributed by atoms with Crippen molar-refractivity contribution in [3.63, 3.8) is 0 Å². The molecule has 2 aromatic carbocycles. The molecule has 0 spiro atoms. The number of nitrogens with zero attached hydrogens (tertiary/aromatic N) is 2. The summed E-state index contributed by atoms with van der Waals surface area (Å²) in [4.78, 5) is 25.5. The summed E-state index contributed by atoms with van der Waals surface area (Å²) in [5.41, 5.74) is 0.903. The van der Waals surface area contributed by atoms with Crippen LogP contribution in [-0.2, 0) is 14.3 Å². The highest BCUT2D eigenvalue weighted by Gasteiger charge is 2.23. The Morgan fingerprint density at radius 1 is 1.07 bits per heavy atom. The van der Waals surface area contributed by atoms with Crippen molar-refractivity contribution < 1.29 is 14.3 Å². The largest absolute Gasteiger partial charge is 0.465 e. The smallest absolute Gasteiger partial charge is 0.316 e. The summed E-state index contributed by atoms with van der Waals surface area (Å²) in [7, 11) is 0. The normalized spacial score (nSPS) is 11.6. The number of hydrogen-bond acceptors (Lipinski definition) is 8. The molecular formula is C20H19N3O3S3. The van der Waals surface area contributed by atoms with Crippen LogP contribution in [0.4, 0.5) is 5.13 Å². The third-order valence-corrected chi connectivity index (χ3v) is 6.80. The lowest BCUT2D eigenvalue weighted by Gasteiger charge is -2.16. The molecule has 0 radical (unpaired) electrons. The zero-order valence-corrected chi connectivity index (χ0v) is 18.1. The van der Waals surface area contributed by atoms with Gasteiger partial charge in [0.05, 0.1) is 12.4 Å². The second-order valence-electron chi connectivity index (χ2n) is 5.68. The van der Waals surface area contributed by atoms with Crippen LogP contribution in [0.3, 0.4) is 0 Å².